The molecule has 0 amide bonds. The normalized spacial score (nSPS) is 11.0. The van der Waals surface area contributed by atoms with Gasteiger partial charge in [0.1, 0.15) is 5.82 Å². The average molecular weight is 238 g/mol. The topological polar surface area (TPSA) is 56.7 Å². The second kappa shape index (κ2) is 3.84. The van der Waals surface area contributed by atoms with Gasteiger partial charge in [0.05, 0.1) is 17.2 Å². The second-order valence-electron chi connectivity index (χ2n) is 4.43. The highest BCUT2D eigenvalue weighted by atomic mass is 15.1. The van der Waals surface area contributed by atoms with Gasteiger partial charge in [0.25, 0.3) is 0 Å². The first-order chi connectivity index (χ1) is 8.66. The summed E-state index contributed by atoms with van der Waals surface area (Å²) in [5.74, 6) is 0.932. The summed E-state index contributed by atoms with van der Waals surface area (Å²) in [5.41, 5.74) is 10.8. The molecule has 0 bridgehead atoms. The SMILES string of the molecule is Cc1cc(-c2nc3ccncc3n2C)ccc1N. The lowest BCUT2D eigenvalue weighted by atomic mass is 10.1. The van der Waals surface area contributed by atoms with E-state index < -0.39 is 0 Å². The van der Waals surface area contributed by atoms with Crippen molar-refractivity contribution in [3.8, 4) is 11.4 Å². The Morgan fingerprint density at radius 3 is 2.78 bits per heavy atom. The van der Waals surface area contributed by atoms with Crippen molar-refractivity contribution >= 4 is 16.7 Å². The van der Waals surface area contributed by atoms with E-state index in [-0.39, 0.29) is 0 Å². The second-order valence-corrected chi connectivity index (χ2v) is 4.43. The molecule has 2 heterocycles. The van der Waals surface area contributed by atoms with Crippen LogP contribution in [0.1, 0.15) is 5.56 Å². The third-order valence-electron chi connectivity index (χ3n) is 3.21. The third-order valence-corrected chi connectivity index (χ3v) is 3.21. The predicted octanol–water partition coefficient (Wildman–Crippen LogP) is 2.53. The summed E-state index contributed by atoms with van der Waals surface area (Å²) in [6.07, 6.45) is 3.59. The van der Waals surface area contributed by atoms with Crippen molar-refractivity contribution in [1.29, 1.82) is 0 Å². The van der Waals surface area contributed by atoms with Crippen LogP contribution in [0, 0.1) is 6.92 Å². The van der Waals surface area contributed by atoms with E-state index >= 15 is 0 Å². The summed E-state index contributed by atoms with van der Waals surface area (Å²) in [6.45, 7) is 2.00. The number of pyridine rings is 1. The van der Waals surface area contributed by atoms with Gasteiger partial charge in [0.2, 0.25) is 0 Å². The van der Waals surface area contributed by atoms with Gasteiger partial charge in [-0.1, -0.05) is 0 Å². The summed E-state index contributed by atoms with van der Waals surface area (Å²) >= 11 is 0. The van der Waals surface area contributed by atoms with Crippen LogP contribution in [-0.2, 0) is 7.05 Å². The molecule has 1 aromatic carbocycles. The minimum absolute atomic E-state index is 0.805. The van der Waals surface area contributed by atoms with E-state index in [9.17, 15) is 0 Å². The number of imidazole rings is 1. The van der Waals surface area contributed by atoms with Gasteiger partial charge in [-0.3, -0.25) is 4.98 Å². The van der Waals surface area contributed by atoms with Gasteiger partial charge in [-0.15, -0.1) is 0 Å². The number of nitrogens with zero attached hydrogens (tertiary/aromatic N) is 3. The van der Waals surface area contributed by atoms with E-state index in [1.165, 1.54) is 0 Å². The van der Waals surface area contributed by atoms with Crippen molar-refractivity contribution in [2.24, 2.45) is 7.05 Å². The van der Waals surface area contributed by atoms with Crippen LogP contribution in [0.2, 0.25) is 0 Å². The Morgan fingerprint density at radius 2 is 2.06 bits per heavy atom. The van der Waals surface area contributed by atoms with Gasteiger partial charge in [-0.2, -0.15) is 0 Å². The summed E-state index contributed by atoms with van der Waals surface area (Å²) in [6, 6.07) is 7.90. The molecule has 4 heteroatoms. The molecule has 0 spiro atoms. The highest BCUT2D eigenvalue weighted by Crippen LogP contribution is 2.25. The number of hydrogen-bond donors (Lipinski definition) is 1. The fourth-order valence-electron chi connectivity index (χ4n) is 2.11. The molecule has 3 aromatic rings. The molecule has 0 aliphatic rings. The van der Waals surface area contributed by atoms with E-state index in [0.717, 1.165) is 33.7 Å². The Bertz CT molecular complexity index is 728. The lowest BCUT2D eigenvalue weighted by Gasteiger charge is -2.05. The first kappa shape index (κ1) is 10.8. The summed E-state index contributed by atoms with van der Waals surface area (Å²) in [5, 5.41) is 0. The molecule has 0 aliphatic carbocycles. The summed E-state index contributed by atoms with van der Waals surface area (Å²) < 4.78 is 2.05. The van der Waals surface area contributed by atoms with Crippen LogP contribution in [0.3, 0.4) is 0 Å². The molecule has 4 nitrogen and oxygen atoms in total. The molecule has 0 saturated carbocycles. The van der Waals surface area contributed by atoms with Gasteiger partial charge >= 0.3 is 0 Å². The maximum Gasteiger partial charge on any atom is 0.140 e. The number of aromatic nitrogens is 3. The lowest BCUT2D eigenvalue weighted by Crippen LogP contribution is -1.95. The van der Waals surface area contributed by atoms with Crippen LogP contribution in [0.5, 0.6) is 0 Å². The molecule has 3 rings (SSSR count). The molecule has 18 heavy (non-hydrogen) atoms. The molecule has 0 radical (unpaired) electrons. The van der Waals surface area contributed by atoms with E-state index in [1.54, 1.807) is 6.20 Å². The van der Waals surface area contributed by atoms with Gasteiger partial charge in [0.15, 0.2) is 0 Å². The van der Waals surface area contributed by atoms with Gasteiger partial charge in [-0.05, 0) is 36.8 Å². The van der Waals surface area contributed by atoms with Crippen LogP contribution in [0.15, 0.2) is 36.7 Å². The predicted molar refractivity (Wildman–Crippen MR) is 73.1 cm³/mol. The van der Waals surface area contributed by atoms with Crippen LogP contribution < -0.4 is 5.73 Å². The van der Waals surface area contributed by atoms with Gasteiger partial charge in [-0.25, -0.2) is 4.98 Å². The quantitative estimate of drug-likeness (QED) is 0.663. The van der Waals surface area contributed by atoms with Crippen molar-refractivity contribution in [3.05, 3.63) is 42.2 Å². The number of nitrogen functional groups attached to an aromatic ring is 1. The zero-order chi connectivity index (χ0) is 12.7. The van der Waals surface area contributed by atoms with Crippen molar-refractivity contribution in [3.63, 3.8) is 0 Å². The maximum atomic E-state index is 5.84. The Hall–Kier alpha value is -2.36. The minimum Gasteiger partial charge on any atom is -0.399 e. The van der Waals surface area contributed by atoms with E-state index in [2.05, 4.69) is 16.0 Å². The summed E-state index contributed by atoms with van der Waals surface area (Å²) in [4.78, 5) is 8.77. The number of fused-ring (bicyclic) bond motifs is 1. The van der Waals surface area contributed by atoms with Gasteiger partial charge < -0.3 is 10.3 Å². The molecule has 2 N–H and O–H groups in total. The van der Waals surface area contributed by atoms with E-state index in [0.29, 0.717) is 0 Å². The minimum atomic E-state index is 0.805. The standard InChI is InChI=1S/C14H14N4/c1-9-7-10(3-4-11(9)15)14-17-12-5-6-16-8-13(12)18(14)2/h3-8H,15H2,1-2H3. The first-order valence-corrected chi connectivity index (χ1v) is 5.80. The number of aryl methyl sites for hydroxylation is 2. The number of rotatable bonds is 1. The van der Waals surface area contributed by atoms with Crippen LogP contribution in [-0.4, -0.2) is 14.5 Å². The van der Waals surface area contributed by atoms with Crippen molar-refractivity contribution in [1.82, 2.24) is 14.5 Å². The van der Waals surface area contributed by atoms with Gasteiger partial charge in [0, 0.05) is 24.5 Å². The van der Waals surface area contributed by atoms with E-state index in [1.807, 2.05) is 42.9 Å². The Labute approximate surface area is 105 Å². The molecule has 0 aliphatic heterocycles. The highest BCUT2D eigenvalue weighted by Gasteiger charge is 2.10. The number of benzene rings is 1. The van der Waals surface area contributed by atoms with E-state index in [4.69, 9.17) is 5.73 Å². The largest absolute Gasteiger partial charge is 0.399 e. The Balaban J connectivity index is 2.25. The van der Waals surface area contributed by atoms with Crippen LogP contribution in [0.4, 0.5) is 5.69 Å². The number of anilines is 1. The zero-order valence-electron chi connectivity index (χ0n) is 10.4. The molecule has 90 valence electrons. The summed E-state index contributed by atoms with van der Waals surface area (Å²) in [7, 11) is 2.00. The fraction of sp³-hybridized carbons (Fsp3) is 0.143. The van der Waals surface area contributed by atoms with Crippen LogP contribution >= 0.6 is 0 Å². The van der Waals surface area contributed by atoms with Crippen molar-refractivity contribution in [2.45, 2.75) is 6.92 Å². The lowest BCUT2D eigenvalue weighted by molar-refractivity contribution is 0.956. The van der Waals surface area contributed by atoms with Crippen molar-refractivity contribution in [2.75, 3.05) is 5.73 Å². The number of nitrogens with two attached hydrogens (primary N) is 1. The third kappa shape index (κ3) is 1.54. The van der Waals surface area contributed by atoms with Crippen molar-refractivity contribution < 1.29 is 0 Å². The zero-order valence-corrected chi connectivity index (χ0v) is 10.4. The molecular weight excluding hydrogens is 224 g/mol. The molecule has 0 unspecified atom stereocenters. The smallest absolute Gasteiger partial charge is 0.140 e. The molecule has 0 fully saturated rings. The molecule has 0 saturated heterocycles. The first-order valence-electron chi connectivity index (χ1n) is 5.80. The van der Waals surface area contributed by atoms with Crippen LogP contribution in [0.25, 0.3) is 22.4 Å². The maximum absolute atomic E-state index is 5.84. The fourth-order valence-corrected chi connectivity index (χ4v) is 2.11. The Morgan fingerprint density at radius 1 is 1.22 bits per heavy atom. The number of hydrogen-bond acceptors (Lipinski definition) is 3. The average Bonchev–Trinajstić information content (AvgIpc) is 2.71. The highest BCUT2D eigenvalue weighted by molar-refractivity contribution is 5.80. The Kier molecular flexibility index (Phi) is 2.30. The molecule has 0 atom stereocenters. The molecular formula is C14H14N4. The molecule has 2 aromatic heterocycles. The monoisotopic (exact) mass is 238 g/mol.